The van der Waals surface area contributed by atoms with Gasteiger partial charge in [-0.25, -0.2) is 0 Å². The molecule has 0 saturated heterocycles. The third kappa shape index (κ3) is 5.64. The first-order valence-corrected chi connectivity index (χ1v) is 5.94. The Labute approximate surface area is 107 Å². The van der Waals surface area contributed by atoms with Crippen molar-refractivity contribution in [3.63, 3.8) is 0 Å². The largest absolute Gasteiger partial charge is 0.383 e. The lowest BCUT2D eigenvalue weighted by atomic mass is 9.97. The number of primary amides is 1. The van der Waals surface area contributed by atoms with Crippen LogP contribution in [0.2, 0.25) is 0 Å². The van der Waals surface area contributed by atoms with Gasteiger partial charge in [0.25, 0.3) is 0 Å². The first-order valence-electron chi connectivity index (χ1n) is 5.94. The second kappa shape index (κ2) is 7.67. The molecule has 0 aromatic rings. The molecule has 0 aliphatic heterocycles. The van der Waals surface area contributed by atoms with E-state index in [4.69, 9.17) is 11.0 Å². The van der Waals surface area contributed by atoms with Crippen LogP contribution in [0.25, 0.3) is 0 Å². The van der Waals surface area contributed by atoms with Gasteiger partial charge < -0.3 is 16.2 Å². The van der Waals surface area contributed by atoms with Crippen LogP contribution in [-0.2, 0) is 9.59 Å². The minimum absolute atomic E-state index is 0.105. The molecule has 102 valence electrons. The molecule has 0 bridgehead atoms. The van der Waals surface area contributed by atoms with Gasteiger partial charge in [0, 0.05) is 6.42 Å². The van der Waals surface area contributed by atoms with Crippen LogP contribution in [-0.4, -0.2) is 29.1 Å². The first-order chi connectivity index (χ1) is 8.29. The minimum Gasteiger partial charge on any atom is -0.383 e. The van der Waals surface area contributed by atoms with Gasteiger partial charge >= 0.3 is 0 Å². The molecular formula is C12H21N3O3. The number of amides is 2. The Hall–Kier alpha value is -1.61. The summed E-state index contributed by atoms with van der Waals surface area (Å²) in [6.45, 7) is 5.40. The molecule has 0 spiro atoms. The van der Waals surface area contributed by atoms with E-state index in [-0.39, 0.29) is 18.3 Å². The van der Waals surface area contributed by atoms with Crippen LogP contribution in [0.3, 0.4) is 0 Å². The quantitative estimate of drug-likeness (QED) is 0.589. The van der Waals surface area contributed by atoms with Crippen molar-refractivity contribution >= 4 is 11.8 Å². The summed E-state index contributed by atoms with van der Waals surface area (Å²) in [4.78, 5) is 22.9. The molecule has 0 fully saturated rings. The van der Waals surface area contributed by atoms with E-state index in [1.807, 2.05) is 19.9 Å². The van der Waals surface area contributed by atoms with E-state index in [9.17, 15) is 14.7 Å². The highest BCUT2D eigenvalue weighted by Gasteiger charge is 2.27. The van der Waals surface area contributed by atoms with E-state index in [0.717, 1.165) is 0 Å². The van der Waals surface area contributed by atoms with Crippen molar-refractivity contribution in [2.45, 2.75) is 45.8 Å². The molecule has 0 rings (SSSR count). The number of nitrogens with zero attached hydrogens (tertiary/aromatic N) is 1. The van der Waals surface area contributed by atoms with Crippen molar-refractivity contribution in [3.05, 3.63) is 0 Å². The lowest BCUT2D eigenvalue weighted by Crippen LogP contribution is -2.51. The van der Waals surface area contributed by atoms with Gasteiger partial charge in [0.2, 0.25) is 11.8 Å². The number of nitrogens with one attached hydrogen (secondary N) is 1. The molecule has 6 nitrogen and oxygen atoms in total. The number of aliphatic hydroxyl groups excluding tert-OH is 1. The Morgan fingerprint density at radius 1 is 1.39 bits per heavy atom. The molecular weight excluding hydrogens is 234 g/mol. The summed E-state index contributed by atoms with van der Waals surface area (Å²) < 4.78 is 0. The van der Waals surface area contributed by atoms with Gasteiger partial charge in [-0.2, -0.15) is 5.26 Å². The smallest absolute Gasteiger partial charge is 0.249 e. The van der Waals surface area contributed by atoms with Crippen LogP contribution in [0.1, 0.15) is 33.6 Å². The Kier molecular flexibility index (Phi) is 6.98. The zero-order valence-electron chi connectivity index (χ0n) is 11.0. The molecule has 0 aromatic carbocycles. The first kappa shape index (κ1) is 16.4. The number of hydrogen-bond acceptors (Lipinski definition) is 4. The molecule has 4 N–H and O–H groups in total. The summed E-state index contributed by atoms with van der Waals surface area (Å²) in [7, 11) is 0. The second-order valence-corrected chi connectivity index (χ2v) is 4.87. The minimum atomic E-state index is -1.17. The number of rotatable bonds is 7. The molecule has 0 saturated carbocycles. The fraction of sp³-hybridized carbons (Fsp3) is 0.750. The fourth-order valence-electron chi connectivity index (χ4n) is 1.56. The summed E-state index contributed by atoms with van der Waals surface area (Å²) >= 11 is 0. The second-order valence-electron chi connectivity index (χ2n) is 4.87. The molecule has 0 aromatic heterocycles. The van der Waals surface area contributed by atoms with Crippen LogP contribution in [0, 0.1) is 23.2 Å². The number of carbonyl (C=O) groups excluding carboxylic acids is 2. The maximum absolute atomic E-state index is 11.7. The number of hydrogen-bond donors (Lipinski definition) is 3. The Balaban J connectivity index is 4.55. The monoisotopic (exact) mass is 255 g/mol. The van der Waals surface area contributed by atoms with Gasteiger partial charge in [0.1, 0.15) is 12.1 Å². The Bertz CT molecular complexity index is 336. The summed E-state index contributed by atoms with van der Waals surface area (Å²) in [6, 6.07) is 0.984. The lowest BCUT2D eigenvalue weighted by molar-refractivity contribution is -0.134. The number of nitriles is 1. The van der Waals surface area contributed by atoms with Gasteiger partial charge in [-0.3, -0.25) is 9.59 Å². The molecule has 0 radical (unpaired) electrons. The zero-order chi connectivity index (χ0) is 14.3. The fourth-order valence-corrected chi connectivity index (χ4v) is 1.56. The highest BCUT2D eigenvalue weighted by Crippen LogP contribution is 2.09. The third-order valence-electron chi connectivity index (χ3n) is 2.58. The van der Waals surface area contributed by atoms with E-state index in [0.29, 0.717) is 6.42 Å². The zero-order valence-corrected chi connectivity index (χ0v) is 11.0. The van der Waals surface area contributed by atoms with Crippen LogP contribution in [0.15, 0.2) is 0 Å². The van der Waals surface area contributed by atoms with Crippen LogP contribution in [0.4, 0.5) is 0 Å². The summed E-state index contributed by atoms with van der Waals surface area (Å²) in [5, 5.41) is 20.6. The highest BCUT2D eigenvalue weighted by atomic mass is 16.3. The summed E-state index contributed by atoms with van der Waals surface area (Å²) in [5.41, 5.74) is 5.17. The predicted molar refractivity (Wildman–Crippen MR) is 66.0 cm³/mol. The standard InChI is InChI=1S/C12H21N3O3/c1-7(2)6-9(16)12(18)15-10(11(14)17)8(3)4-5-13/h7-10,16H,4,6H2,1-3H3,(H2,14,17)(H,15,18)/t8-,9-,10+/m1/s1. The maximum Gasteiger partial charge on any atom is 0.249 e. The summed E-state index contributed by atoms with van der Waals surface area (Å²) in [5.74, 6) is -1.56. The van der Waals surface area contributed by atoms with Gasteiger partial charge in [0.05, 0.1) is 6.07 Å². The van der Waals surface area contributed by atoms with Gasteiger partial charge in [0.15, 0.2) is 0 Å². The molecule has 18 heavy (non-hydrogen) atoms. The number of nitrogens with two attached hydrogens (primary N) is 1. The van der Waals surface area contributed by atoms with Crippen molar-refractivity contribution in [2.75, 3.05) is 0 Å². The van der Waals surface area contributed by atoms with Crippen molar-refractivity contribution in [2.24, 2.45) is 17.6 Å². The van der Waals surface area contributed by atoms with Crippen molar-refractivity contribution < 1.29 is 14.7 Å². The van der Waals surface area contributed by atoms with E-state index in [1.165, 1.54) is 0 Å². The summed E-state index contributed by atoms with van der Waals surface area (Å²) in [6.07, 6.45) is -0.751. The molecule has 2 amide bonds. The Morgan fingerprint density at radius 2 is 1.94 bits per heavy atom. The van der Waals surface area contributed by atoms with E-state index >= 15 is 0 Å². The molecule has 3 atom stereocenters. The van der Waals surface area contributed by atoms with E-state index in [1.54, 1.807) is 6.92 Å². The molecule has 0 aliphatic rings. The molecule has 6 heteroatoms. The van der Waals surface area contributed by atoms with Gasteiger partial charge in [-0.15, -0.1) is 0 Å². The molecule has 0 aliphatic carbocycles. The molecule has 0 heterocycles. The highest BCUT2D eigenvalue weighted by molar-refractivity contribution is 5.88. The van der Waals surface area contributed by atoms with Crippen LogP contribution >= 0.6 is 0 Å². The van der Waals surface area contributed by atoms with Crippen LogP contribution < -0.4 is 11.1 Å². The van der Waals surface area contributed by atoms with Gasteiger partial charge in [-0.1, -0.05) is 20.8 Å². The predicted octanol–water partition coefficient (Wildman–Crippen LogP) is -0.0867. The Morgan fingerprint density at radius 3 is 2.33 bits per heavy atom. The van der Waals surface area contributed by atoms with Gasteiger partial charge in [-0.05, 0) is 18.3 Å². The van der Waals surface area contributed by atoms with Crippen molar-refractivity contribution in [1.82, 2.24) is 5.32 Å². The topological polar surface area (TPSA) is 116 Å². The van der Waals surface area contributed by atoms with Crippen molar-refractivity contribution in [3.8, 4) is 6.07 Å². The lowest BCUT2D eigenvalue weighted by Gasteiger charge is -2.22. The normalized spacial score (nSPS) is 15.6. The van der Waals surface area contributed by atoms with Crippen molar-refractivity contribution in [1.29, 1.82) is 5.26 Å². The maximum atomic E-state index is 11.7. The van der Waals surface area contributed by atoms with E-state index in [2.05, 4.69) is 5.32 Å². The average molecular weight is 255 g/mol. The van der Waals surface area contributed by atoms with E-state index < -0.39 is 24.0 Å². The average Bonchev–Trinajstić information content (AvgIpc) is 2.24. The number of carbonyl (C=O) groups is 2. The van der Waals surface area contributed by atoms with Crippen LogP contribution in [0.5, 0.6) is 0 Å². The molecule has 0 unspecified atom stereocenters. The number of aliphatic hydroxyl groups is 1. The third-order valence-corrected chi connectivity index (χ3v) is 2.58. The SMILES string of the molecule is CC(C)C[C@@H](O)C(=O)N[C@H](C(N)=O)[C@H](C)CC#N.